The molecular weight excluding hydrogens is 540 g/mol. The average Bonchev–Trinajstić information content (AvgIpc) is 3.28. The monoisotopic (exact) mass is 586 g/mol. The van der Waals surface area contributed by atoms with Crippen LogP contribution in [0.15, 0.2) is 36.4 Å². The molecule has 11 nitrogen and oxygen atoms in total. The van der Waals surface area contributed by atoms with Crippen molar-refractivity contribution in [2.75, 3.05) is 11.9 Å². The molecule has 0 aliphatic carbocycles. The summed E-state index contributed by atoms with van der Waals surface area (Å²) in [6.07, 6.45) is 4.45. The summed E-state index contributed by atoms with van der Waals surface area (Å²) in [5.74, 6) is -2.54. The Morgan fingerprint density at radius 3 is 1.95 bits per heavy atom. The minimum absolute atomic E-state index is 0.137. The number of ether oxygens (including phenoxy) is 1. The Hall–Kier alpha value is -4.02. The van der Waals surface area contributed by atoms with Gasteiger partial charge in [0.25, 0.3) is 11.8 Å². The second-order valence-corrected chi connectivity index (χ2v) is 10.4. The van der Waals surface area contributed by atoms with Gasteiger partial charge in [-0.1, -0.05) is 60.1 Å². The number of amides is 5. The van der Waals surface area contributed by atoms with Gasteiger partial charge in [-0.15, -0.1) is 0 Å². The number of hydrogen-bond acceptors (Lipinski definition) is 7. The van der Waals surface area contributed by atoms with Crippen molar-refractivity contribution in [1.29, 1.82) is 0 Å². The number of anilines is 1. The molecule has 0 bridgehead atoms. The molecule has 0 saturated heterocycles. The highest BCUT2D eigenvalue weighted by atomic mass is 16.5. The van der Waals surface area contributed by atoms with Crippen molar-refractivity contribution >= 4 is 41.2 Å². The zero-order valence-corrected chi connectivity index (χ0v) is 25.8. The van der Waals surface area contributed by atoms with Crippen LogP contribution in [0.25, 0.3) is 0 Å². The molecule has 232 valence electrons. The molecule has 1 aromatic rings. The average molecular weight is 587 g/mol. The summed E-state index contributed by atoms with van der Waals surface area (Å²) in [5.41, 5.74) is 1.30. The van der Waals surface area contributed by atoms with Gasteiger partial charge >= 0.3 is 5.97 Å². The lowest BCUT2D eigenvalue weighted by molar-refractivity contribution is -0.148. The van der Waals surface area contributed by atoms with Gasteiger partial charge in [-0.2, -0.15) is 0 Å². The van der Waals surface area contributed by atoms with Gasteiger partial charge in [-0.25, -0.2) is 0 Å². The maximum atomic E-state index is 12.9. The molecule has 42 heavy (non-hydrogen) atoms. The fourth-order valence-electron chi connectivity index (χ4n) is 3.79. The van der Waals surface area contributed by atoms with Crippen LogP contribution in [0.4, 0.5) is 5.69 Å². The second-order valence-electron chi connectivity index (χ2n) is 10.4. The zero-order valence-electron chi connectivity index (χ0n) is 25.8. The standard InChI is InChI=1S/C29H40N4O7.C2H6/c1-18(2)26(32-23(34)9-7-6-8-16-33-24(35)14-15-25(33)36)28(38)30-20(5)27(37)31-22-12-10-21(11-13-22)17-40-29(39)19(3)4;1-2/h10-15,18-20,26H,6-9,16-17H2,1-5H3,(H,30,38)(H,31,37)(H,32,34);1-2H3/t20-,26?;/m1./s1. The lowest BCUT2D eigenvalue weighted by Crippen LogP contribution is -2.53. The summed E-state index contributed by atoms with van der Waals surface area (Å²) in [6, 6.07) is 5.16. The van der Waals surface area contributed by atoms with Crippen LogP contribution in [-0.2, 0) is 40.1 Å². The fourth-order valence-corrected chi connectivity index (χ4v) is 3.79. The number of nitrogens with zero attached hydrogens (tertiary/aromatic N) is 1. The number of nitrogens with one attached hydrogen (secondary N) is 3. The van der Waals surface area contributed by atoms with E-state index >= 15 is 0 Å². The Morgan fingerprint density at radius 2 is 1.40 bits per heavy atom. The quantitative estimate of drug-likeness (QED) is 0.162. The van der Waals surface area contributed by atoms with Gasteiger partial charge in [-0.05, 0) is 43.4 Å². The highest BCUT2D eigenvalue weighted by Gasteiger charge is 2.27. The first-order valence-corrected chi connectivity index (χ1v) is 14.6. The van der Waals surface area contributed by atoms with E-state index in [-0.39, 0.29) is 48.6 Å². The molecule has 3 N–H and O–H groups in total. The van der Waals surface area contributed by atoms with Crippen LogP contribution in [-0.4, -0.2) is 59.0 Å². The van der Waals surface area contributed by atoms with Crippen molar-refractivity contribution in [2.45, 2.75) is 92.8 Å². The third-order valence-corrected chi connectivity index (χ3v) is 6.28. The van der Waals surface area contributed by atoms with Gasteiger partial charge in [-0.3, -0.25) is 33.7 Å². The molecule has 1 aromatic carbocycles. The number of unbranched alkanes of at least 4 members (excludes halogenated alkanes) is 2. The van der Waals surface area contributed by atoms with E-state index in [9.17, 15) is 28.8 Å². The molecule has 2 rings (SSSR count). The van der Waals surface area contributed by atoms with Crippen LogP contribution in [0, 0.1) is 11.8 Å². The first-order valence-electron chi connectivity index (χ1n) is 14.6. The lowest BCUT2D eigenvalue weighted by atomic mass is 10.0. The van der Waals surface area contributed by atoms with E-state index in [1.807, 2.05) is 13.8 Å². The van der Waals surface area contributed by atoms with Gasteiger partial charge in [0.1, 0.15) is 18.7 Å². The second kappa shape index (κ2) is 18.4. The van der Waals surface area contributed by atoms with Gasteiger partial charge in [0.2, 0.25) is 17.7 Å². The van der Waals surface area contributed by atoms with E-state index < -0.39 is 23.9 Å². The van der Waals surface area contributed by atoms with E-state index in [1.54, 1.807) is 58.9 Å². The molecule has 0 spiro atoms. The number of hydrogen-bond donors (Lipinski definition) is 3. The van der Waals surface area contributed by atoms with Crippen molar-refractivity contribution < 1.29 is 33.5 Å². The van der Waals surface area contributed by atoms with E-state index in [4.69, 9.17) is 4.74 Å². The van der Waals surface area contributed by atoms with Gasteiger partial charge in [0.15, 0.2) is 0 Å². The summed E-state index contributed by atoms with van der Waals surface area (Å²) in [7, 11) is 0. The first kappa shape index (κ1) is 36.0. The number of carbonyl (C=O) groups is 6. The third kappa shape index (κ3) is 12.2. The molecule has 2 atom stereocenters. The Labute approximate surface area is 248 Å². The van der Waals surface area contributed by atoms with Crippen LogP contribution in [0.2, 0.25) is 0 Å². The Balaban J connectivity index is 0.00000431. The lowest BCUT2D eigenvalue weighted by Gasteiger charge is -2.24. The number of carbonyl (C=O) groups excluding carboxylic acids is 6. The summed E-state index contributed by atoms with van der Waals surface area (Å²) >= 11 is 0. The summed E-state index contributed by atoms with van der Waals surface area (Å²) in [6.45, 7) is 13.1. The third-order valence-electron chi connectivity index (χ3n) is 6.28. The van der Waals surface area contributed by atoms with E-state index in [1.165, 1.54) is 17.1 Å². The molecule has 11 heteroatoms. The number of esters is 1. The maximum absolute atomic E-state index is 12.9. The number of imide groups is 1. The zero-order chi connectivity index (χ0) is 31.8. The van der Waals surface area contributed by atoms with E-state index in [2.05, 4.69) is 16.0 Å². The highest BCUT2D eigenvalue weighted by molar-refractivity contribution is 6.12. The molecule has 1 heterocycles. The SMILES string of the molecule is CC.CC(C)C(=O)OCc1ccc(NC(=O)[C@@H](C)NC(=O)C(NC(=O)CCCCCN2C(=O)C=CC2=O)C(C)C)cc1. The summed E-state index contributed by atoms with van der Waals surface area (Å²) in [5, 5.41) is 8.13. The predicted octanol–water partition coefficient (Wildman–Crippen LogP) is 3.48. The molecule has 0 aromatic heterocycles. The fraction of sp³-hybridized carbons (Fsp3) is 0.548. The van der Waals surface area contributed by atoms with E-state index in [0.29, 0.717) is 31.5 Å². The van der Waals surface area contributed by atoms with Gasteiger partial charge in [0.05, 0.1) is 5.92 Å². The van der Waals surface area contributed by atoms with Crippen molar-refractivity contribution in [3.8, 4) is 0 Å². The minimum Gasteiger partial charge on any atom is -0.461 e. The number of rotatable bonds is 15. The van der Waals surface area contributed by atoms with Crippen LogP contribution < -0.4 is 16.0 Å². The van der Waals surface area contributed by atoms with Crippen LogP contribution in [0.5, 0.6) is 0 Å². The molecule has 1 aliphatic heterocycles. The smallest absolute Gasteiger partial charge is 0.308 e. The molecule has 1 unspecified atom stereocenters. The van der Waals surface area contributed by atoms with E-state index in [0.717, 1.165) is 5.56 Å². The van der Waals surface area contributed by atoms with Crippen molar-refractivity contribution in [3.05, 3.63) is 42.0 Å². The number of benzene rings is 1. The minimum atomic E-state index is -0.858. The van der Waals surface area contributed by atoms with Crippen LogP contribution >= 0.6 is 0 Å². The first-order chi connectivity index (χ1) is 19.9. The Bertz CT molecular complexity index is 1090. The molecule has 0 radical (unpaired) electrons. The topological polar surface area (TPSA) is 151 Å². The molecule has 1 aliphatic rings. The molecule has 5 amide bonds. The Morgan fingerprint density at radius 1 is 0.810 bits per heavy atom. The molecular formula is C31H46N4O7. The Kier molecular flexibility index (Phi) is 15.8. The largest absolute Gasteiger partial charge is 0.461 e. The maximum Gasteiger partial charge on any atom is 0.308 e. The van der Waals surface area contributed by atoms with Gasteiger partial charge < -0.3 is 20.7 Å². The summed E-state index contributed by atoms with van der Waals surface area (Å²) in [4.78, 5) is 73.9. The normalized spacial score (nSPS) is 13.8. The van der Waals surface area contributed by atoms with Gasteiger partial charge in [0, 0.05) is 30.8 Å². The molecule has 0 saturated carbocycles. The van der Waals surface area contributed by atoms with Crippen LogP contribution in [0.1, 0.15) is 79.7 Å². The van der Waals surface area contributed by atoms with Crippen molar-refractivity contribution in [3.63, 3.8) is 0 Å². The molecule has 0 fully saturated rings. The van der Waals surface area contributed by atoms with Crippen molar-refractivity contribution in [1.82, 2.24) is 15.5 Å². The van der Waals surface area contributed by atoms with Crippen molar-refractivity contribution in [2.24, 2.45) is 11.8 Å². The highest BCUT2D eigenvalue weighted by Crippen LogP contribution is 2.13. The summed E-state index contributed by atoms with van der Waals surface area (Å²) < 4.78 is 5.19. The predicted molar refractivity (Wildman–Crippen MR) is 160 cm³/mol. The van der Waals surface area contributed by atoms with Crippen LogP contribution in [0.3, 0.4) is 0 Å².